The van der Waals surface area contributed by atoms with Gasteiger partial charge in [0.05, 0.1) is 4.90 Å². The molecule has 0 aliphatic heterocycles. The van der Waals surface area contributed by atoms with Crippen molar-refractivity contribution in [3.8, 4) is 22.8 Å². The Bertz CT molecular complexity index is 1060. The fourth-order valence-electron chi connectivity index (χ4n) is 2.75. The Kier molecular flexibility index (Phi) is 5.16. The molecule has 2 nitrogen and oxygen atoms in total. The van der Waals surface area contributed by atoms with Crippen LogP contribution in [0.25, 0.3) is 22.3 Å². The van der Waals surface area contributed by atoms with Gasteiger partial charge in [-0.3, -0.25) is 0 Å². The summed E-state index contributed by atoms with van der Waals surface area (Å²) in [5, 5.41) is 1.74. The number of ether oxygens (including phenoxy) is 1. The van der Waals surface area contributed by atoms with Gasteiger partial charge in [-0.2, -0.15) is 0 Å². The Balaban J connectivity index is 1.75. The Hall–Kier alpha value is -1.63. The van der Waals surface area contributed by atoms with Crippen molar-refractivity contribution in [3.05, 3.63) is 75.3 Å². The number of hydrogen-bond acceptors (Lipinski definition) is 3. The molecule has 3 aromatic carbocycles. The van der Waals surface area contributed by atoms with Crippen LogP contribution in [0.5, 0.6) is 11.5 Å². The van der Waals surface area contributed by atoms with Crippen LogP contribution in [0.2, 0.25) is 5.02 Å². The summed E-state index contributed by atoms with van der Waals surface area (Å²) in [6.45, 7) is 0. The molecule has 1 aromatic heterocycles. The van der Waals surface area contributed by atoms with Crippen molar-refractivity contribution in [2.75, 3.05) is 6.26 Å². The van der Waals surface area contributed by atoms with Crippen LogP contribution in [0.15, 0.2) is 76.0 Å². The molecule has 1 heterocycles. The van der Waals surface area contributed by atoms with Crippen molar-refractivity contribution in [2.45, 2.75) is 4.90 Å². The van der Waals surface area contributed by atoms with Gasteiger partial charge in [0, 0.05) is 19.5 Å². The van der Waals surface area contributed by atoms with Crippen LogP contribution in [0.4, 0.5) is 0 Å². The summed E-state index contributed by atoms with van der Waals surface area (Å²) < 4.78 is 13.3. The fourth-order valence-corrected chi connectivity index (χ4v) is 3.96. The minimum atomic E-state index is 0.689. The van der Waals surface area contributed by atoms with Crippen LogP contribution in [0.1, 0.15) is 0 Å². The van der Waals surface area contributed by atoms with Crippen molar-refractivity contribution in [3.63, 3.8) is 0 Å². The van der Waals surface area contributed by atoms with Gasteiger partial charge < -0.3 is 9.15 Å². The van der Waals surface area contributed by atoms with Crippen LogP contribution in [0.3, 0.4) is 0 Å². The molecule has 0 saturated carbocycles. The highest BCUT2D eigenvalue weighted by Crippen LogP contribution is 2.41. The summed E-state index contributed by atoms with van der Waals surface area (Å²) in [6.07, 6.45) is 2.06. The van der Waals surface area contributed by atoms with Crippen molar-refractivity contribution in [1.82, 2.24) is 0 Å². The van der Waals surface area contributed by atoms with E-state index in [0.717, 1.165) is 38.7 Å². The number of fused-ring (bicyclic) bond motifs is 1. The standard InChI is InChI=1S/C21H14ClIO2S/c1-26-21-18-12-17(24-16-8-4-14(22)5-9-16)10-11-19(18)25-20(21)13-2-6-15(23)7-3-13/h2-12H,1H3. The SMILES string of the molecule is CSc1c(-c2ccc(I)cc2)oc2ccc(Oc3ccc(Cl)cc3)cc12. The fraction of sp³-hybridized carbons (Fsp3) is 0.0476. The zero-order valence-electron chi connectivity index (χ0n) is 13.8. The van der Waals surface area contributed by atoms with Gasteiger partial charge in [0.15, 0.2) is 0 Å². The monoisotopic (exact) mass is 492 g/mol. The van der Waals surface area contributed by atoms with Gasteiger partial charge in [0.2, 0.25) is 0 Å². The molecule has 26 heavy (non-hydrogen) atoms. The van der Waals surface area contributed by atoms with Crippen molar-refractivity contribution in [1.29, 1.82) is 0 Å². The number of hydrogen-bond donors (Lipinski definition) is 0. The summed E-state index contributed by atoms with van der Waals surface area (Å²) in [7, 11) is 0. The highest BCUT2D eigenvalue weighted by atomic mass is 127. The lowest BCUT2D eigenvalue weighted by Gasteiger charge is -2.06. The molecule has 5 heteroatoms. The number of benzene rings is 3. The predicted octanol–water partition coefficient (Wildman–Crippen LogP) is 7.87. The van der Waals surface area contributed by atoms with E-state index in [0.29, 0.717) is 5.02 Å². The zero-order chi connectivity index (χ0) is 18.1. The second-order valence-electron chi connectivity index (χ2n) is 5.69. The van der Waals surface area contributed by atoms with E-state index in [1.165, 1.54) is 3.57 Å². The molecule has 0 fully saturated rings. The van der Waals surface area contributed by atoms with Crippen LogP contribution >= 0.6 is 46.0 Å². The molecule has 4 rings (SSSR count). The van der Waals surface area contributed by atoms with Crippen molar-refractivity contribution >= 4 is 56.9 Å². The average molecular weight is 493 g/mol. The van der Waals surface area contributed by atoms with Gasteiger partial charge in [0.25, 0.3) is 0 Å². The molecular weight excluding hydrogens is 479 g/mol. The molecule has 0 aliphatic carbocycles. The molecule has 0 bridgehead atoms. The average Bonchev–Trinajstić information content (AvgIpc) is 3.02. The lowest BCUT2D eigenvalue weighted by atomic mass is 10.1. The van der Waals surface area contributed by atoms with Gasteiger partial charge in [-0.1, -0.05) is 23.7 Å². The first-order chi connectivity index (χ1) is 12.6. The Morgan fingerprint density at radius 2 is 1.62 bits per heavy atom. The van der Waals surface area contributed by atoms with E-state index in [1.807, 2.05) is 42.5 Å². The molecule has 0 amide bonds. The minimum absolute atomic E-state index is 0.689. The summed E-state index contributed by atoms with van der Waals surface area (Å²) in [5.74, 6) is 2.42. The third-order valence-electron chi connectivity index (χ3n) is 3.97. The number of halogens is 2. The third kappa shape index (κ3) is 3.59. The van der Waals surface area contributed by atoms with Crippen molar-refractivity contribution < 1.29 is 9.15 Å². The maximum atomic E-state index is 6.14. The number of thioether (sulfide) groups is 1. The second kappa shape index (κ2) is 7.55. The molecule has 0 aliphatic rings. The first kappa shape index (κ1) is 17.8. The van der Waals surface area contributed by atoms with Crippen molar-refractivity contribution in [2.24, 2.45) is 0 Å². The van der Waals surface area contributed by atoms with Crippen LogP contribution in [0, 0.1) is 3.57 Å². The lowest BCUT2D eigenvalue weighted by Crippen LogP contribution is -1.83. The first-order valence-electron chi connectivity index (χ1n) is 7.94. The summed E-state index contributed by atoms with van der Waals surface area (Å²) in [5.41, 5.74) is 1.93. The van der Waals surface area contributed by atoms with E-state index in [-0.39, 0.29) is 0 Å². The normalized spacial score (nSPS) is 11.0. The zero-order valence-corrected chi connectivity index (χ0v) is 17.6. The molecule has 0 N–H and O–H groups in total. The van der Waals surface area contributed by atoms with E-state index in [1.54, 1.807) is 11.8 Å². The number of furan rings is 1. The van der Waals surface area contributed by atoms with E-state index >= 15 is 0 Å². The molecule has 0 atom stereocenters. The van der Waals surface area contributed by atoms with Crippen LogP contribution in [-0.4, -0.2) is 6.26 Å². The largest absolute Gasteiger partial charge is 0.457 e. The van der Waals surface area contributed by atoms with Gasteiger partial charge in [0.1, 0.15) is 22.8 Å². The quantitative estimate of drug-likeness (QED) is 0.214. The third-order valence-corrected chi connectivity index (χ3v) is 5.76. The maximum absolute atomic E-state index is 6.14. The maximum Gasteiger partial charge on any atom is 0.148 e. The topological polar surface area (TPSA) is 22.4 Å². The molecule has 130 valence electrons. The molecule has 0 spiro atoms. The Morgan fingerprint density at radius 3 is 2.31 bits per heavy atom. The van der Waals surface area contributed by atoms with Crippen LogP contribution < -0.4 is 4.74 Å². The Morgan fingerprint density at radius 1 is 0.923 bits per heavy atom. The summed E-state index contributed by atoms with van der Waals surface area (Å²) in [6, 6.07) is 21.6. The van der Waals surface area contributed by atoms with Gasteiger partial charge in [-0.25, -0.2) is 0 Å². The molecule has 0 unspecified atom stereocenters. The highest BCUT2D eigenvalue weighted by Gasteiger charge is 2.16. The first-order valence-corrected chi connectivity index (χ1v) is 10.6. The molecule has 4 aromatic rings. The van der Waals surface area contributed by atoms with Gasteiger partial charge in [-0.05, 0) is 83.4 Å². The molecule has 0 saturated heterocycles. The van der Waals surface area contributed by atoms with E-state index in [2.05, 4.69) is 53.1 Å². The van der Waals surface area contributed by atoms with E-state index < -0.39 is 0 Å². The molecule has 0 radical (unpaired) electrons. The highest BCUT2D eigenvalue weighted by molar-refractivity contribution is 14.1. The second-order valence-corrected chi connectivity index (χ2v) is 8.18. The number of rotatable bonds is 4. The van der Waals surface area contributed by atoms with Gasteiger partial charge in [-0.15, -0.1) is 11.8 Å². The Labute approximate surface area is 174 Å². The summed E-state index contributed by atoms with van der Waals surface area (Å²) in [4.78, 5) is 1.11. The predicted molar refractivity (Wildman–Crippen MR) is 118 cm³/mol. The van der Waals surface area contributed by atoms with Crippen LogP contribution in [-0.2, 0) is 0 Å². The molecular formula is C21H14ClIO2S. The summed E-state index contributed by atoms with van der Waals surface area (Å²) >= 11 is 9.92. The van der Waals surface area contributed by atoms with Gasteiger partial charge >= 0.3 is 0 Å². The smallest absolute Gasteiger partial charge is 0.148 e. The van der Waals surface area contributed by atoms with E-state index in [9.17, 15) is 0 Å². The minimum Gasteiger partial charge on any atom is -0.457 e. The lowest BCUT2D eigenvalue weighted by molar-refractivity contribution is 0.483. The van der Waals surface area contributed by atoms with E-state index in [4.69, 9.17) is 20.8 Å².